The van der Waals surface area contributed by atoms with Gasteiger partial charge in [-0.3, -0.25) is 9.59 Å². The number of rotatable bonds is 5. The highest BCUT2D eigenvalue weighted by Gasteiger charge is 2.31. The number of nitrogens with zero attached hydrogens (tertiary/aromatic N) is 4. The third-order valence-corrected chi connectivity index (χ3v) is 8.87. The minimum atomic E-state index is -0.441. The van der Waals surface area contributed by atoms with Crippen LogP contribution in [0.25, 0.3) is 5.70 Å². The maximum absolute atomic E-state index is 13.5. The van der Waals surface area contributed by atoms with Gasteiger partial charge in [0.1, 0.15) is 17.4 Å². The molecule has 1 aromatic heterocycles. The van der Waals surface area contributed by atoms with Gasteiger partial charge in [-0.05, 0) is 43.5 Å². The Balaban J connectivity index is 1.22. The predicted molar refractivity (Wildman–Crippen MR) is 147 cm³/mol. The highest BCUT2D eigenvalue weighted by atomic mass is 35.5. The van der Waals surface area contributed by atoms with Crippen molar-refractivity contribution in [2.45, 2.75) is 45.1 Å². The van der Waals surface area contributed by atoms with Gasteiger partial charge in [-0.25, -0.2) is 9.38 Å². The lowest BCUT2D eigenvalue weighted by Gasteiger charge is -2.36. The van der Waals surface area contributed by atoms with Crippen molar-refractivity contribution in [3.05, 3.63) is 51.6 Å². The van der Waals surface area contributed by atoms with E-state index in [0.717, 1.165) is 47.5 Å². The first-order valence-electron chi connectivity index (χ1n) is 12.7. The quantitative estimate of drug-likeness (QED) is 0.562. The van der Waals surface area contributed by atoms with Crippen molar-refractivity contribution in [1.82, 2.24) is 15.1 Å². The van der Waals surface area contributed by atoms with E-state index in [1.807, 2.05) is 11.8 Å². The number of nitrogens with one attached hydrogen (secondary N) is 1. The van der Waals surface area contributed by atoms with E-state index in [1.165, 1.54) is 23.8 Å². The molecule has 3 aliphatic rings. The second-order valence-electron chi connectivity index (χ2n) is 9.84. The molecule has 2 aliphatic heterocycles. The first kappa shape index (κ1) is 25.7. The Morgan fingerprint density at radius 2 is 1.92 bits per heavy atom. The van der Waals surface area contributed by atoms with Crippen molar-refractivity contribution in [1.29, 1.82) is 0 Å². The summed E-state index contributed by atoms with van der Waals surface area (Å²) in [6.45, 7) is 8.67. The summed E-state index contributed by atoms with van der Waals surface area (Å²) in [6.07, 6.45) is 7.27. The topological polar surface area (TPSA) is 68.2 Å². The van der Waals surface area contributed by atoms with Crippen LogP contribution in [0.5, 0.6) is 0 Å². The molecule has 7 nitrogen and oxygen atoms in total. The maximum Gasteiger partial charge on any atom is 0.264 e. The summed E-state index contributed by atoms with van der Waals surface area (Å²) in [5.74, 6) is -0.505. The number of piperazine rings is 1. The van der Waals surface area contributed by atoms with Crippen LogP contribution in [0.1, 0.15) is 52.9 Å². The monoisotopic (exact) mass is 543 g/mol. The number of hydrogen-bond donors (Lipinski definition) is 1. The molecule has 1 aliphatic carbocycles. The van der Waals surface area contributed by atoms with E-state index in [0.29, 0.717) is 36.8 Å². The highest BCUT2D eigenvalue weighted by Crippen LogP contribution is 2.42. The Morgan fingerprint density at radius 3 is 2.62 bits per heavy atom. The molecule has 5 rings (SSSR count). The van der Waals surface area contributed by atoms with E-state index >= 15 is 0 Å². The van der Waals surface area contributed by atoms with E-state index in [1.54, 1.807) is 23.4 Å². The number of thiophene rings is 1. The summed E-state index contributed by atoms with van der Waals surface area (Å²) in [5.41, 5.74) is 3.22. The first-order valence-corrected chi connectivity index (χ1v) is 13.9. The molecule has 1 saturated carbocycles. The van der Waals surface area contributed by atoms with Gasteiger partial charge in [0.05, 0.1) is 16.2 Å². The normalized spacial score (nSPS) is 18.2. The van der Waals surface area contributed by atoms with Crippen LogP contribution in [0.2, 0.25) is 5.02 Å². The summed E-state index contributed by atoms with van der Waals surface area (Å²) in [7, 11) is 0. The molecular formula is C27H31ClFN5O2S. The third kappa shape index (κ3) is 5.38. The van der Waals surface area contributed by atoms with Crippen LogP contribution in [0.4, 0.5) is 15.1 Å². The summed E-state index contributed by atoms with van der Waals surface area (Å²) in [5, 5.41) is 3.98. The third-order valence-electron chi connectivity index (χ3n) is 7.39. The molecule has 1 saturated heterocycles. The molecule has 2 amide bonds. The number of aliphatic imine (C=N–C) groups is 1. The van der Waals surface area contributed by atoms with Crippen LogP contribution in [-0.2, 0) is 4.79 Å². The fourth-order valence-electron chi connectivity index (χ4n) is 5.27. The fraction of sp³-hybridized carbons (Fsp3) is 0.444. The number of halogens is 2. The van der Waals surface area contributed by atoms with E-state index in [2.05, 4.69) is 21.8 Å². The van der Waals surface area contributed by atoms with Crippen LogP contribution in [0, 0.1) is 12.7 Å². The SMILES string of the molecule is C=C1c2c(sc(C(=O)N3CCN(c4ccc(F)c(Cl)c4)CC3)c2C)N=CN1CC(=O)NC1CCCCC1. The van der Waals surface area contributed by atoms with Gasteiger partial charge in [0.2, 0.25) is 5.91 Å². The van der Waals surface area contributed by atoms with Crippen LogP contribution >= 0.6 is 22.9 Å². The van der Waals surface area contributed by atoms with Crippen molar-refractivity contribution in [2.24, 2.45) is 4.99 Å². The largest absolute Gasteiger partial charge is 0.368 e. The Hall–Kier alpha value is -2.91. The van der Waals surface area contributed by atoms with E-state index < -0.39 is 5.82 Å². The predicted octanol–water partition coefficient (Wildman–Crippen LogP) is 5.21. The lowest BCUT2D eigenvalue weighted by Crippen LogP contribution is -2.48. The second kappa shape index (κ2) is 10.8. The average molecular weight is 544 g/mol. The first-order chi connectivity index (χ1) is 17.8. The molecule has 196 valence electrons. The molecule has 1 aromatic carbocycles. The van der Waals surface area contributed by atoms with E-state index in [-0.39, 0.29) is 29.4 Å². The molecule has 0 bridgehead atoms. The van der Waals surface area contributed by atoms with Gasteiger partial charge in [0.15, 0.2) is 0 Å². The van der Waals surface area contributed by atoms with Gasteiger partial charge in [0, 0.05) is 49.2 Å². The van der Waals surface area contributed by atoms with Gasteiger partial charge < -0.3 is 20.0 Å². The van der Waals surface area contributed by atoms with E-state index in [4.69, 9.17) is 11.6 Å². The minimum absolute atomic E-state index is 0.0294. The molecule has 0 unspecified atom stereocenters. The Bertz CT molecular complexity index is 1250. The molecule has 0 radical (unpaired) electrons. The van der Waals surface area contributed by atoms with Crippen molar-refractivity contribution in [3.63, 3.8) is 0 Å². The summed E-state index contributed by atoms with van der Waals surface area (Å²) in [6, 6.07) is 4.95. The molecule has 0 atom stereocenters. The second-order valence-corrected chi connectivity index (χ2v) is 11.2. The summed E-state index contributed by atoms with van der Waals surface area (Å²) < 4.78 is 13.5. The smallest absolute Gasteiger partial charge is 0.264 e. The molecule has 37 heavy (non-hydrogen) atoms. The number of hydrogen-bond acceptors (Lipinski definition) is 6. The van der Waals surface area contributed by atoms with Crippen molar-refractivity contribution < 1.29 is 14.0 Å². The molecule has 2 fully saturated rings. The molecular weight excluding hydrogens is 513 g/mol. The number of benzene rings is 1. The van der Waals surface area contributed by atoms with Crippen LogP contribution < -0.4 is 10.2 Å². The lowest BCUT2D eigenvalue weighted by molar-refractivity contribution is -0.121. The van der Waals surface area contributed by atoms with Crippen LogP contribution in [0.3, 0.4) is 0 Å². The van der Waals surface area contributed by atoms with Gasteiger partial charge in [0.25, 0.3) is 5.91 Å². The molecule has 3 heterocycles. The van der Waals surface area contributed by atoms with Gasteiger partial charge in [-0.1, -0.05) is 37.4 Å². The number of fused-ring (bicyclic) bond motifs is 1. The average Bonchev–Trinajstić information content (AvgIpc) is 3.24. The number of carbonyl (C=O) groups excluding carboxylic acids is 2. The van der Waals surface area contributed by atoms with Crippen molar-refractivity contribution in [2.75, 3.05) is 37.6 Å². The zero-order chi connectivity index (χ0) is 26.1. The minimum Gasteiger partial charge on any atom is -0.368 e. The standard InChI is InChI=1S/C27H31ClFN5O2S/c1-17-24-18(2)34(15-23(35)31-19-6-4-3-5-7-19)16-30-26(24)37-25(17)27(36)33-12-10-32(11-13-33)20-8-9-22(29)21(28)14-20/h8-9,14,16,19H,2-7,10-13,15H2,1H3,(H,31,35). The molecule has 10 heteroatoms. The maximum atomic E-state index is 13.5. The highest BCUT2D eigenvalue weighted by molar-refractivity contribution is 7.18. The zero-order valence-corrected chi connectivity index (χ0v) is 22.5. The lowest BCUT2D eigenvalue weighted by atomic mass is 9.95. The Labute approximate surface area is 225 Å². The number of carbonyl (C=O) groups is 2. The summed E-state index contributed by atoms with van der Waals surface area (Å²) >= 11 is 7.31. The fourth-order valence-corrected chi connectivity index (χ4v) is 6.59. The van der Waals surface area contributed by atoms with Gasteiger partial charge in [-0.2, -0.15) is 0 Å². The van der Waals surface area contributed by atoms with Crippen LogP contribution in [0.15, 0.2) is 29.8 Å². The van der Waals surface area contributed by atoms with Crippen molar-refractivity contribution >= 4 is 57.5 Å². The van der Waals surface area contributed by atoms with Gasteiger partial charge >= 0.3 is 0 Å². The Morgan fingerprint density at radius 1 is 1.19 bits per heavy atom. The summed E-state index contributed by atoms with van der Waals surface area (Å²) in [4.78, 5) is 37.0. The number of amides is 2. The number of anilines is 1. The van der Waals surface area contributed by atoms with E-state index in [9.17, 15) is 14.0 Å². The molecule has 2 aromatic rings. The van der Waals surface area contributed by atoms with Crippen LogP contribution in [-0.4, -0.2) is 66.7 Å². The molecule has 1 N–H and O–H groups in total. The zero-order valence-electron chi connectivity index (χ0n) is 20.9. The van der Waals surface area contributed by atoms with Crippen molar-refractivity contribution in [3.8, 4) is 0 Å². The Kier molecular flexibility index (Phi) is 7.53. The van der Waals surface area contributed by atoms with Gasteiger partial charge in [-0.15, -0.1) is 11.3 Å². The molecule has 0 spiro atoms.